The van der Waals surface area contributed by atoms with Crippen molar-refractivity contribution in [1.82, 2.24) is 20.1 Å². The zero-order valence-electron chi connectivity index (χ0n) is 10.6. The quantitative estimate of drug-likeness (QED) is 0.878. The van der Waals surface area contributed by atoms with E-state index in [9.17, 15) is 4.39 Å². The van der Waals surface area contributed by atoms with Gasteiger partial charge in [-0.25, -0.2) is 4.39 Å². The summed E-state index contributed by atoms with van der Waals surface area (Å²) < 4.78 is 14.5. The summed E-state index contributed by atoms with van der Waals surface area (Å²) in [5.74, 6) is -0.304. The summed E-state index contributed by atoms with van der Waals surface area (Å²) in [7, 11) is 1.90. The van der Waals surface area contributed by atoms with Gasteiger partial charge in [-0.05, 0) is 37.6 Å². The summed E-state index contributed by atoms with van der Waals surface area (Å²) in [4.78, 5) is 4.05. The fourth-order valence-corrected chi connectivity index (χ4v) is 1.78. The third kappa shape index (κ3) is 3.37. The lowest BCUT2D eigenvalue weighted by Crippen LogP contribution is -2.22. The molecule has 2 aromatic rings. The maximum absolute atomic E-state index is 12.7. The van der Waals surface area contributed by atoms with Crippen molar-refractivity contribution in [2.75, 3.05) is 6.54 Å². The molecule has 0 fully saturated rings. The molecule has 0 aromatic carbocycles. The van der Waals surface area contributed by atoms with Crippen LogP contribution in [-0.2, 0) is 13.5 Å². The molecule has 0 saturated carbocycles. The van der Waals surface area contributed by atoms with E-state index in [1.807, 2.05) is 26.4 Å². The van der Waals surface area contributed by atoms with Crippen LogP contribution in [0.1, 0.15) is 24.2 Å². The highest BCUT2D eigenvalue weighted by molar-refractivity contribution is 5.09. The second kappa shape index (κ2) is 5.73. The molecule has 0 aliphatic heterocycles. The smallest absolute Gasteiger partial charge is 0.141 e. The maximum atomic E-state index is 12.7. The van der Waals surface area contributed by atoms with Crippen LogP contribution in [0.15, 0.2) is 30.7 Å². The van der Waals surface area contributed by atoms with E-state index in [1.165, 1.54) is 17.8 Å². The van der Waals surface area contributed by atoms with E-state index in [4.69, 9.17) is 0 Å². The van der Waals surface area contributed by atoms with Crippen LogP contribution in [0.2, 0.25) is 0 Å². The average molecular weight is 248 g/mol. The highest BCUT2D eigenvalue weighted by Gasteiger charge is 2.06. The first kappa shape index (κ1) is 12.7. The van der Waals surface area contributed by atoms with Gasteiger partial charge in [0.25, 0.3) is 0 Å². The summed E-state index contributed by atoms with van der Waals surface area (Å²) in [6, 6.07) is 3.25. The van der Waals surface area contributed by atoms with Crippen molar-refractivity contribution >= 4 is 0 Å². The maximum Gasteiger partial charge on any atom is 0.141 e. The van der Waals surface area contributed by atoms with Gasteiger partial charge in [0.15, 0.2) is 0 Å². The molecule has 96 valence electrons. The van der Waals surface area contributed by atoms with E-state index in [0.29, 0.717) is 0 Å². The molecule has 4 nitrogen and oxygen atoms in total. The number of nitrogens with one attached hydrogen (secondary N) is 1. The van der Waals surface area contributed by atoms with Crippen LogP contribution in [0.3, 0.4) is 0 Å². The van der Waals surface area contributed by atoms with Crippen LogP contribution in [0.25, 0.3) is 0 Å². The predicted molar refractivity (Wildman–Crippen MR) is 67.5 cm³/mol. The fraction of sp³-hybridized carbons (Fsp3) is 0.385. The van der Waals surface area contributed by atoms with Crippen molar-refractivity contribution in [3.05, 3.63) is 47.8 Å². The molecule has 1 atom stereocenters. The van der Waals surface area contributed by atoms with Crippen molar-refractivity contribution < 1.29 is 4.39 Å². The van der Waals surface area contributed by atoms with E-state index >= 15 is 0 Å². The Morgan fingerprint density at radius 2 is 2.22 bits per heavy atom. The molecular weight excluding hydrogens is 231 g/mol. The Kier molecular flexibility index (Phi) is 4.04. The van der Waals surface area contributed by atoms with Crippen LogP contribution < -0.4 is 5.32 Å². The highest BCUT2D eigenvalue weighted by atomic mass is 19.1. The minimum absolute atomic E-state index is 0.113. The second-order valence-corrected chi connectivity index (χ2v) is 4.35. The Balaban J connectivity index is 1.81. The van der Waals surface area contributed by atoms with Gasteiger partial charge in [0.2, 0.25) is 0 Å². The van der Waals surface area contributed by atoms with E-state index in [1.54, 1.807) is 10.7 Å². The van der Waals surface area contributed by atoms with Gasteiger partial charge < -0.3 is 5.32 Å². The molecule has 5 heteroatoms. The first-order valence-electron chi connectivity index (χ1n) is 5.97. The van der Waals surface area contributed by atoms with Gasteiger partial charge in [-0.3, -0.25) is 9.67 Å². The third-order valence-electron chi connectivity index (χ3n) is 2.82. The van der Waals surface area contributed by atoms with Gasteiger partial charge >= 0.3 is 0 Å². The van der Waals surface area contributed by atoms with E-state index in [0.717, 1.165) is 18.7 Å². The van der Waals surface area contributed by atoms with Crippen LogP contribution in [0, 0.1) is 5.82 Å². The third-order valence-corrected chi connectivity index (χ3v) is 2.82. The number of pyridine rings is 1. The van der Waals surface area contributed by atoms with Crippen molar-refractivity contribution in [3.63, 3.8) is 0 Å². The second-order valence-electron chi connectivity index (χ2n) is 4.35. The van der Waals surface area contributed by atoms with Gasteiger partial charge in [0.1, 0.15) is 5.82 Å². The van der Waals surface area contributed by atoms with Gasteiger partial charge in [-0.15, -0.1) is 0 Å². The lowest BCUT2D eigenvalue weighted by Gasteiger charge is -2.12. The molecule has 18 heavy (non-hydrogen) atoms. The molecule has 0 amide bonds. The van der Waals surface area contributed by atoms with E-state index in [2.05, 4.69) is 15.4 Å². The minimum atomic E-state index is -0.304. The van der Waals surface area contributed by atoms with E-state index in [-0.39, 0.29) is 11.9 Å². The number of halogens is 1. The summed E-state index contributed by atoms with van der Waals surface area (Å²) in [6.45, 7) is 2.86. The Labute approximate surface area is 106 Å². The molecular formula is C13H17FN4. The van der Waals surface area contributed by atoms with Crippen molar-refractivity contribution in [3.8, 4) is 0 Å². The Hall–Kier alpha value is -1.75. The van der Waals surface area contributed by atoms with Crippen molar-refractivity contribution in [2.45, 2.75) is 19.4 Å². The first-order chi connectivity index (χ1) is 8.65. The molecule has 1 unspecified atom stereocenters. The normalized spacial score (nSPS) is 12.6. The largest absolute Gasteiger partial charge is 0.309 e. The molecule has 2 rings (SSSR count). The zero-order chi connectivity index (χ0) is 13.0. The van der Waals surface area contributed by atoms with Gasteiger partial charge in [-0.1, -0.05) is 0 Å². The Bertz CT molecular complexity index is 492. The molecule has 0 aliphatic carbocycles. The first-order valence-corrected chi connectivity index (χ1v) is 5.97. The average Bonchev–Trinajstić information content (AvgIpc) is 2.76. The van der Waals surface area contributed by atoms with Crippen LogP contribution in [0.5, 0.6) is 0 Å². The number of aryl methyl sites for hydroxylation is 1. The summed E-state index contributed by atoms with van der Waals surface area (Å²) in [5.41, 5.74) is 2.05. The van der Waals surface area contributed by atoms with Gasteiger partial charge in [0, 0.05) is 19.3 Å². The lowest BCUT2D eigenvalue weighted by atomic mass is 10.2. The number of rotatable bonds is 5. The Morgan fingerprint density at radius 1 is 1.39 bits per heavy atom. The predicted octanol–water partition coefficient (Wildman–Crippen LogP) is 1.85. The van der Waals surface area contributed by atoms with Crippen LogP contribution >= 0.6 is 0 Å². The molecule has 0 bridgehead atoms. The molecule has 1 N–H and O–H groups in total. The number of hydrogen-bond acceptors (Lipinski definition) is 3. The molecule has 0 spiro atoms. The van der Waals surface area contributed by atoms with Gasteiger partial charge in [0.05, 0.1) is 18.1 Å². The summed E-state index contributed by atoms with van der Waals surface area (Å²) in [5, 5.41) is 7.47. The fourth-order valence-electron chi connectivity index (χ4n) is 1.78. The topological polar surface area (TPSA) is 42.7 Å². The van der Waals surface area contributed by atoms with Gasteiger partial charge in [-0.2, -0.15) is 5.10 Å². The number of nitrogens with zero attached hydrogens (tertiary/aromatic N) is 3. The molecule has 0 saturated heterocycles. The SMILES string of the molecule is CC(NCCc1cnn(C)c1)c1ccc(F)cn1. The highest BCUT2D eigenvalue weighted by Crippen LogP contribution is 2.09. The molecule has 2 aromatic heterocycles. The molecule has 0 radical (unpaired) electrons. The van der Waals surface area contributed by atoms with Crippen LogP contribution in [0.4, 0.5) is 4.39 Å². The Morgan fingerprint density at radius 3 is 2.83 bits per heavy atom. The van der Waals surface area contributed by atoms with E-state index < -0.39 is 0 Å². The zero-order valence-corrected chi connectivity index (χ0v) is 10.6. The van der Waals surface area contributed by atoms with Crippen molar-refractivity contribution in [1.29, 1.82) is 0 Å². The standard InChI is InChI=1S/C13H17FN4/c1-10(13-4-3-12(14)8-16-13)15-6-5-11-7-17-18(2)9-11/h3-4,7-10,15H,5-6H2,1-2H3. The summed E-state index contributed by atoms with van der Waals surface area (Å²) in [6.07, 6.45) is 6.03. The molecule has 2 heterocycles. The lowest BCUT2D eigenvalue weighted by molar-refractivity contribution is 0.557. The van der Waals surface area contributed by atoms with Crippen LogP contribution in [-0.4, -0.2) is 21.3 Å². The minimum Gasteiger partial charge on any atom is -0.309 e. The number of aromatic nitrogens is 3. The van der Waals surface area contributed by atoms with Crippen molar-refractivity contribution in [2.24, 2.45) is 7.05 Å². The summed E-state index contributed by atoms with van der Waals surface area (Å²) >= 11 is 0. The molecule has 0 aliphatic rings. The monoisotopic (exact) mass is 248 g/mol. The number of hydrogen-bond donors (Lipinski definition) is 1.